The topological polar surface area (TPSA) is 103 Å². The van der Waals surface area contributed by atoms with Crippen LogP contribution in [0.3, 0.4) is 0 Å². The van der Waals surface area contributed by atoms with Gasteiger partial charge in [0.05, 0.1) is 12.2 Å². The van der Waals surface area contributed by atoms with E-state index in [1.165, 1.54) is 0 Å². The number of carbonyl (C=O) groups is 1. The number of hydrogen-bond acceptors (Lipinski definition) is 8. The fourth-order valence-corrected chi connectivity index (χ4v) is 2.08. The number of ether oxygens (including phenoxy) is 2. The van der Waals surface area contributed by atoms with E-state index in [1.54, 1.807) is 50.2 Å². The van der Waals surface area contributed by atoms with Gasteiger partial charge in [0, 0.05) is 14.1 Å². The Kier molecular flexibility index (Phi) is 6.71. The molecule has 0 bridgehead atoms. The Morgan fingerprint density at radius 3 is 2.50 bits per heavy atom. The van der Waals surface area contributed by atoms with Gasteiger partial charge in [-0.15, -0.1) is 0 Å². The first kappa shape index (κ1) is 19.4. The fraction of sp³-hybridized carbons (Fsp3) is 0.444. The average Bonchev–Trinajstić information content (AvgIpc) is 2.61. The number of nitrogen functional groups attached to an aromatic ring is 1. The number of aromatic nitrogens is 3. The van der Waals surface area contributed by atoms with Crippen LogP contribution >= 0.6 is 0 Å². The van der Waals surface area contributed by atoms with Gasteiger partial charge < -0.3 is 20.1 Å². The molecule has 2 rings (SSSR count). The van der Waals surface area contributed by atoms with Gasteiger partial charge in [-0.25, -0.2) is 4.79 Å². The summed E-state index contributed by atoms with van der Waals surface area (Å²) < 4.78 is 11.0. The normalized spacial score (nSPS) is 11.7. The molecular weight excluding hydrogens is 334 g/mol. The van der Waals surface area contributed by atoms with Gasteiger partial charge in [0.1, 0.15) is 5.75 Å². The van der Waals surface area contributed by atoms with Crippen molar-refractivity contribution in [2.24, 2.45) is 0 Å². The second-order valence-corrected chi connectivity index (χ2v) is 6.02. The van der Waals surface area contributed by atoms with Gasteiger partial charge in [-0.3, -0.25) is 0 Å². The number of nitrogens with two attached hydrogens (primary N) is 1. The minimum absolute atomic E-state index is 0.0789. The van der Waals surface area contributed by atoms with E-state index in [4.69, 9.17) is 15.2 Å². The van der Waals surface area contributed by atoms with Gasteiger partial charge in [0.25, 0.3) is 0 Å². The lowest BCUT2D eigenvalue weighted by Crippen LogP contribution is -2.18. The molecule has 0 aliphatic rings. The van der Waals surface area contributed by atoms with Crippen LogP contribution in [-0.2, 0) is 4.74 Å². The minimum Gasteiger partial charge on any atom is -0.494 e. The molecule has 0 aliphatic heterocycles. The summed E-state index contributed by atoms with van der Waals surface area (Å²) in [7, 11) is 3.58. The molecule has 1 atom stereocenters. The third-order valence-electron chi connectivity index (χ3n) is 3.56. The van der Waals surface area contributed by atoms with E-state index in [1.807, 2.05) is 0 Å². The molecule has 8 nitrogen and oxygen atoms in total. The largest absolute Gasteiger partial charge is 0.494 e. The third kappa shape index (κ3) is 5.30. The summed E-state index contributed by atoms with van der Waals surface area (Å²) in [6.07, 6.45) is 1.40. The Balaban J connectivity index is 2.02. The van der Waals surface area contributed by atoms with E-state index in [9.17, 15) is 4.79 Å². The molecule has 0 unspecified atom stereocenters. The molecule has 0 saturated heterocycles. The van der Waals surface area contributed by atoms with Gasteiger partial charge in [0.15, 0.2) is 11.9 Å². The zero-order valence-electron chi connectivity index (χ0n) is 15.6. The highest BCUT2D eigenvalue weighted by Crippen LogP contribution is 2.19. The lowest BCUT2D eigenvalue weighted by Gasteiger charge is -2.15. The summed E-state index contributed by atoms with van der Waals surface area (Å²) in [6.45, 7) is 4.45. The lowest BCUT2D eigenvalue weighted by molar-refractivity contribution is 0.0319. The number of hydrogen-bond donors (Lipinski definition) is 1. The van der Waals surface area contributed by atoms with Crippen molar-refractivity contribution in [2.45, 2.75) is 32.8 Å². The third-order valence-corrected chi connectivity index (χ3v) is 3.56. The van der Waals surface area contributed by atoms with Crippen LogP contribution in [0, 0.1) is 0 Å². The van der Waals surface area contributed by atoms with Crippen LogP contribution in [0.15, 0.2) is 24.3 Å². The van der Waals surface area contributed by atoms with Gasteiger partial charge in [0.2, 0.25) is 11.9 Å². The number of unbranched alkanes of at least 4 members (excludes halogenated alkanes) is 1. The average molecular weight is 359 g/mol. The standard InChI is InChI=1S/C18H25N5O3/c1-5-6-11-25-14-9-7-13(8-10-14)16(24)26-12(2)15-20-17(19)22-18(21-15)23(3)4/h7-10,12H,5-6,11H2,1-4H3,(H2,19,20,21,22)/t12-/m1/s1. The van der Waals surface area contributed by atoms with Crippen LogP contribution in [0.25, 0.3) is 0 Å². The van der Waals surface area contributed by atoms with E-state index in [2.05, 4.69) is 21.9 Å². The van der Waals surface area contributed by atoms with E-state index >= 15 is 0 Å². The lowest BCUT2D eigenvalue weighted by atomic mass is 10.2. The van der Waals surface area contributed by atoms with Crippen LogP contribution in [0.1, 0.15) is 49.0 Å². The molecule has 0 fully saturated rings. The number of carbonyl (C=O) groups excluding carboxylic acids is 1. The smallest absolute Gasteiger partial charge is 0.338 e. The maximum atomic E-state index is 12.3. The fourth-order valence-electron chi connectivity index (χ4n) is 2.08. The summed E-state index contributed by atoms with van der Waals surface area (Å²) in [5.41, 5.74) is 6.13. The Bertz CT molecular complexity index is 734. The van der Waals surface area contributed by atoms with E-state index in [0.29, 0.717) is 23.9 Å². The Morgan fingerprint density at radius 2 is 1.88 bits per heavy atom. The van der Waals surface area contributed by atoms with Crippen LogP contribution < -0.4 is 15.4 Å². The second-order valence-electron chi connectivity index (χ2n) is 6.02. The van der Waals surface area contributed by atoms with E-state index in [-0.39, 0.29) is 5.95 Å². The number of rotatable bonds is 8. The Morgan fingerprint density at radius 1 is 1.19 bits per heavy atom. The van der Waals surface area contributed by atoms with Gasteiger partial charge in [-0.2, -0.15) is 15.0 Å². The molecular formula is C18H25N5O3. The van der Waals surface area contributed by atoms with Crippen molar-refractivity contribution in [1.29, 1.82) is 0 Å². The van der Waals surface area contributed by atoms with E-state index in [0.717, 1.165) is 18.6 Å². The molecule has 0 aliphatic carbocycles. The van der Waals surface area contributed by atoms with Crippen molar-refractivity contribution in [3.05, 3.63) is 35.7 Å². The maximum Gasteiger partial charge on any atom is 0.338 e. The van der Waals surface area contributed by atoms with Crippen LogP contribution in [0.4, 0.5) is 11.9 Å². The molecule has 2 N–H and O–H groups in total. The van der Waals surface area contributed by atoms with Crippen LogP contribution in [-0.4, -0.2) is 41.6 Å². The van der Waals surface area contributed by atoms with Gasteiger partial charge >= 0.3 is 5.97 Å². The molecule has 1 heterocycles. The molecule has 26 heavy (non-hydrogen) atoms. The van der Waals surface area contributed by atoms with Crippen molar-refractivity contribution in [3.8, 4) is 5.75 Å². The summed E-state index contributed by atoms with van der Waals surface area (Å²) in [4.78, 5) is 26.4. The van der Waals surface area contributed by atoms with Crippen molar-refractivity contribution < 1.29 is 14.3 Å². The van der Waals surface area contributed by atoms with Crippen LogP contribution in [0.2, 0.25) is 0 Å². The quantitative estimate of drug-likeness (QED) is 0.567. The highest BCUT2D eigenvalue weighted by Gasteiger charge is 2.18. The van der Waals surface area contributed by atoms with Crippen molar-refractivity contribution in [3.63, 3.8) is 0 Å². The monoisotopic (exact) mass is 359 g/mol. The summed E-state index contributed by atoms with van der Waals surface area (Å²) >= 11 is 0. The molecule has 0 radical (unpaired) electrons. The zero-order chi connectivity index (χ0) is 19.1. The first-order valence-electron chi connectivity index (χ1n) is 8.53. The van der Waals surface area contributed by atoms with Crippen molar-refractivity contribution >= 4 is 17.9 Å². The summed E-state index contributed by atoms with van der Waals surface area (Å²) in [5, 5.41) is 0. The van der Waals surface area contributed by atoms with Gasteiger partial charge in [-0.1, -0.05) is 13.3 Å². The predicted molar refractivity (Wildman–Crippen MR) is 99.2 cm³/mol. The molecule has 0 amide bonds. The number of anilines is 2. The summed E-state index contributed by atoms with van der Waals surface area (Å²) in [5.74, 6) is 1.04. The first-order chi connectivity index (χ1) is 12.4. The maximum absolute atomic E-state index is 12.3. The number of benzene rings is 1. The first-order valence-corrected chi connectivity index (χ1v) is 8.53. The SMILES string of the molecule is CCCCOc1ccc(C(=O)O[C@H](C)c2nc(N)nc(N(C)C)n2)cc1. The molecule has 1 aromatic carbocycles. The van der Waals surface area contributed by atoms with Crippen LogP contribution in [0.5, 0.6) is 5.75 Å². The number of esters is 1. The second kappa shape index (κ2) is 8.98. The molecule has 1 aromatic heterocycles. The molecule has 8 heteroatoms. The minimum atomic E-state index is -0.660. The predicted octanol–water partition coefficient (Wildman–Crippen LogP) is 2.62. The molecule has 0 spiro atoms. The van der Waals surface area contributed by atoms with E-state index < -0.39 is 12.1 Å². The molecule has 140 valence electrons. The number of nitrogens with zero attached hydrogens (tertiary/aromatic N) is 4. The molecule has 0 saturated carbocycles. The highest BCUT2D eigenvalue weighted by atomic mass is 16.5. The van der Waals surface area contributed by atoms with Crippen molar-refractivity contribution in [2.75, 3.05) is 31.3 Å². The molecule has 2 aromatic rings. The van der Waals surface area contributed by atoms with Gasteiger partial charge in [-0.05, 0) is 37.6 Å². The Hall–Kier alpha value is -2.90. The highest BCUT2D eigenvalue weighted by molar-refractivity contribution is 5.89. The summed E-state index contributed by atoms with van der Waals surface area (Å²) in [6, 6.07) is 6.84. The Labute approximate surface area is 153 Å². The zero-order valence-corrected chi connectivity index (χ0v) is 15.6. The van der Waals surface area contributed by atoms with Crippen molar-refractivity contribution in [1.82, 2.24) is 15.0 Å².